The van der Waals surface area contributed by atoms with Crippen LogP contribution in [0.5, 0.6) is 11.5 Å². The highest BCUT2D eigenvalue weighted by molar-refractivity contribution is 6.83. The van der Waals surface area contributed by atoms with Gasteiger partial charge in [0, 0.05) is 22.3 Å². The minimum atomic E-state index is -1.72. The number of hydrogen-bond donors (Lipinski definition) is 0. The quantitative estimate of drug-likeness (QED) is 0.128. The highest BCUT2D eigenvalue weighted by atomic mass is 28.3. The van der Waals surface area contributed by atoms with E-state index in [1.165, 1.54) is 0 Å². The van der Waals surface area contributed by atoms with Crippen molar-refractivity contribution >= 4 is 14.0 Å². The number of hydrogen-bond acceptors (Lipinski definition) is 5. The summed E-state index contributed by atoms with van der Waals surface area (Å²) >= 11 is 0. The molecule has 47 heavy (non-hydrogen) atoms. The van der Waals surface area contributed by atoms with Gasteiger partial charge in [0.25, 0.3) is 0 Å². The highest BCUT2D eigenvalue weighted by Crippen LogP contribution is 2.50. The number of methoxy groups -OCH3 is 2. The predicted molar refractivity (Wildman–Crippen MR) is 200 cm³/mol. The average molecular weight is 662 g/mol. The maximum absolute atomic E-state index is 13.7. The van der Waals surface area contributed by atoms with Crippen LogP contribution in [0.2, 0.25) is 19.6 Å². The van der Waals surface area contributed by atoms with Gasteiger partial charge < -0.3 is 14.2 Å². The van der Waals surface area contributed by atoms with Crippen molar-refractivity contribution < 1.29 is 19.0 Å². The van der Waals surface area contributed by atoms with E-state index >= 15 is 0 Å². The SMILES string of the molecule is CCOC(=O)[C@H]1[C@@H](C#C[Si](C)(C)C)N1C(c1cc(C(C)(C)C)c(OC)c(C(C)(C)C)c1)c1cc(C(C)(C)C)c(OC)c(C(C)(C)C)c1. The summed E-state index contributed by atoms with van der Waals surface area (Å²) in [5.41, 5.74) is 9.66. The maximum atomic E-state index is 13.7. The van der Waals surface area contributed by atoms with Crippen LogP contribution in [0.1, 0.15) is 129 Å². The number of nitrogens with zero attached hydrogens (tertiary/aromatic N) is 1. The van der Waals surface area contributed by atoms with Crippen LogP contribution < -0.4 is 9.47 Å². The third-order valence-corrected chi connectivity index (χ3v) is 9.66. The molecule has 0 N–H and O–H groups in total. The normalized spacial score (nSPS) is 18.8. The van der Waals surface area contributed by atoms with Gasteiger partial charge in [-0.25, -0.2) is 0 Å². The van der Waals surface area contributed by atoms with Crippen molar-refractivity contribution in [1.82, 2.24) is 4.90 Å². The summed E-state index contributed by atoms with van der Waals surface area (Å²) in [7, 11) is 1.83. The third-order valence-electron chi connectivity index (χ3n) is 8.77. The van der Waals surface area contributed by atoms with Crippen LogP contribution in [0, 0.1) is 11.5 Å². The van der Waals surface area contributed by atoms with Crippen LogP contribution in [0.25, 0.3) is 0 Å². The smallest absolute Gasteiger partial charge is 0.326 e. The van der Waals surface area contributed by atoms with Gasteiger partial charge in [-0.05, 0) is 64.0 Å². The van der Waals surface area contributed by atoms with Gasteiger partial charge >= 0.3 is 5.97 Å². The standard InChI is InChI=1S/C41H63NO4Si/c1-19-46-37(43)34-32(20-21-47(16,17)18)42(34)33(26-22-28(38(2,3)4)35(44-14)29(23-26)39(5,6)7)27-24-30(40(8,9)10)36(45-15)31(25-27)41(11,12)13/h22-25,32-34H,19H2,1-18H3/t32-,34-,42?/m1/s1. The predicted octanol–water partition coefficient (Wildman–Crippen LogP) is 9.48. The molecule has 0 saturated carbocycles. The molecule has 0 spiro atoms. The van der Waals surface area contributed by atoms with Crippen LogP contribution >= 0.6 is 0 Å². The summed E-state index contributed by atoms with van der Waals surface area (Å²) in [6.07, 6.45) is 0. The Bertz CT molecular complexity index is 1370. The van der Waals surface area contributed by atoms with Gasteiger partial charge in [-0.1, -0.05) is 109 Å². The van der Waals surface area contributed by atoms with E-state index in [9.17, 15) is 4.79 Å². The van der Waals surface area contributed by atoms with E-state index in [1.807, 2.05) is 6.92 Å². The van der Waals surface area contributed by atoms with E-state index in [0.717, 1.165) is 44.9 Å². The fourth-order valence-electron chi connectivity index (χ4n) is 6.31. The zero-order valence-electron chi connectivity index (χ0n) is 32.8. The molecule has 260 valence electrons. The van der Waals surface area contributed by atoms with Crippen LogP contribution in [0.4, 0.5) is 0 Å². The molecule has 2 aromatic rings. The molecular weight excluding hydrogens is 599 g/mol. The number of rotatable bonds is 7. The Labute approximate surface area is 288 Å². The lowest BCUT2D eigenvalue weighted by molar-refractivity contribution is -0.143. The third kappa shape index (κ3) is 8.65. The van der Waals surface area contributed by atoms with E-state index in [-0.39, 0.29) is 39.7 Å². The number of carbonyl (C=O) groups is 1. The lowest BCUT2D eigenvalue weighted by Crippen LogP contribution is -2.25. The Morgan fingerprint density at radius 1 is 0.723 bits per heavy atom. The molecule has 1 aliphatic heterocycles. The summed E-state index contributed by atoms with van der Waals surface area (Å²) in [6, 6.07) is 8.26. The van der Waals surface area contributed by atoms with Gasteiger partial charge in [0.2, 0.25) is 0 Å². The van der Waals surface area contributed by atoms with Gasteiger partial charge in [-0.2, -0.15) is 0 Å². The number of ether oxygens (including phenoxy) is 3. The first kappa shape index (κ1) is 38.7. The first-order valence-corrected chi connectivity index (χ1v) is 20.7. The molecule has 0 aliphatic carbocycles. The summed E-state index contributed by atoms with van der Waals surface area (Å²) in [4.78, 5) is 15.9. The number of carbonyl (C=O) groups excluding carboxylic acids is 1. The summed E-state index contributed by atoms with van der Waals surface area (Å²) < 4.78 is 18.0. The largest absolute Gasteiger partial charge is 0.496 e. The molecule has 0 aromatic heterocycles. The second-order valence-electron chi connectivity index (χ2n) is 18.3. The Kier molecular flexibility index (Phi) is 10.9. The molecule has 1 aliphatic rings. The van der Waals surface area contributed by atoms with Crippen molar-refractivity contribution in [2.24, 2.45) is 0 Å². The minimum Gasteiger partial charge on any atom is -0.496 e. The molecule has 1 unspecified atom stereocenters. The van der Waals surface area contributed by atoms with Gasteiger partial charge in [-0.3, -0.25) is 9.69 Å². The molecule has 0 amide bonds. The molecule has 3 rings (SSSR count). The number of benzene rings is 2. The van der Waals surface area contributed by atoms with E-state index in [1.54, 1.807) is 14.2 Å². The molecule has 5 nitrogen and oxygen atoms in total. The van der Waals surface area contributed by atoms with Gasteiger partial charge in [-0.15, -0.1) is 5.54 Å². The molecule has 6 heteroatoms. The number of esters is 1. The molecular formula is C41H63NO4Si. The van der Waals surface area contributed by atoms with Crippen molar-refractivity contribution in [3.8, 4) is 23.0 Å². The summed E-state index contributed by atoms with van der Waals surface area (Å²) in [6.45, 7) is 35.8. The molecule has 1 fully saturated rings. The lowest BCUT2D eigenvalue weighted by atomic mass is 9.75. The van der Waals surface area contributed by atoms with Crippen molar-refractivity contribution in [2.75, 3.05) is 20.8 Å². The minimum absolute atomic E-state index is 0.185. The molecule has 1 saturated heterocycles. The molecule has 2 aromatic carbocycles. The molecule has 0 radical (unpaired) electrons. The van der Waals surface area contributed by atoms with E-state index in [2.05, 4.69) is 143 Å². The van der Waals surface area contributed by atoms with Crippen molar-refractivity contribution in [3.63, 3.8) is 0 Å². The molecule has 3 atom stereocenters. The van der Waals surface area contributed by atoms with Crippen LogP contribution in [-0.4, -0.2) is 51.9 Å². The van der Waals surface area contributed by atoms with Crippen LogP contribution in [0.15, 0.2) is 24.3 Å². The molecule has 1 heterocycles. The zero-order valence-corrected chi connectivity index (χ0v) is 33.8. The van der Waals surface area contributed by atoms with Crippen molar-refractivity contribution in [3.05, 3.63) is 57.6 Å². The second-order valence-corrected chi connectivity index (χ2v) is 23.1. The summed E-state index contributed by atoms with van der Waals surface area (Å²) in [5, 5.41) is 0. The fraction of sp³-hybridized carbons (Fsp3) is 0.634. The lowest BCUT2D eigenvalue weighted by Gasteiger charge is -2.34. The monoisotopic (exact) mass is 661 g/mol. The van der Waals surface area contributed by atoms with E-state index in [0.29, 0.717) is 6.61 Å². The van der Waals surface area contributed by atoms with Gasteiger partial charge in [0.05, 0.1) is 32.9 Å². The first-order chi connectivity index (χ1) is 21.3. The zero-order chi connectivity index (χ0) is 36.1. The van der Waals surface area contributed by atoms with Crippen molar-refractivity contribution in [2.45, 2.75) is 149 Å². The topological polar surface area (TPSA) is 47.8 Å². The van der Waals surface area contributed by atoms with Gasteiger partial charge in [0.15, 0.2) is 0 Å². The Morgan fingerprint density at radius 2 is 1.06 bits per heavy atom. The van der Waals surface area contributed by atoms with Crippen LogP contribution in [0.3, 0.4) is 0 Å². The second kappa shape index (κ2) is 13.3. The van der Waals surface area contributed by atoms with E-state index in [4.69, 9.17) is 14.2 Å². The van der Waals surface area contributed by atoms with Crippen LogP contribution in [-0.2, 0) is 31.2 Å². The van der Waals surface area contributed by atoms with Crippen molar-refractivity contribution in [1.29, 1.82) is 0 Å². The first-order valence-electron chi connectivity index (χ1n) is 17.2. The van der Waals surface area contributed by atoms with Gasteiger partial charge in [0.1, 0.15) is 25.6 Å². The average Bonchev–Trinajstić information content (AvgIpc) is 3.62. The Balaban J connectivity index is 2.57. The summed E-state index contributed by atoms with van der Waals surface area (Å²) in [5.74, 6) is 5.21. The Hall–Kier alpha value is -2.75. The molecule has 0 bridgehead atoms. The fourth-order valence-corrected chi connectivity index (χ4v) is 6.90. The maximum Gasteiger partial charge on any atom is 0.326 e. The Morgan fingerprint density at radius 3 is 1.32 bits per heavy atom. The highest BCUT2D eigenvalue weighted by Gasteiger charge is 2.57. The van der Waals surface area contributed by atoms with E-state index < -0.39 is 14.1 Å².